The molecule has 30 heavy (non-hydrogen) atoms. The molecule has 6 nitrogen and oxygen atoms in total. The zero-order chi connectivity index (χ0) is 21.5. The average molecular weight is 421 g/mol. The third-order valence-electron chi connectivity index (χ3n) is 5.08. The molecule has 2 aromatic heterocycles. The van der Waals surface area contributed by atoms with Crippen molar-refractivity contribution < 1.29 is 9.59 Å². The first-order valence-corrected chi connectivity index (χ1v) is 10.7. The van der Waals surface area contributed by atoms with Crippen LogP contribution in [0, 0.1) is 12.3 Å². The molecular formula is C23H24N4O2S. The molecule has 2 amide bonds. The van der Waals surface area contributed by atoms with Gasteiger partial charge in [-0.25, -0.2) is 4.98 Å². The molecule has 1 aromatic carbocycles. The fourth-order valence-corrected chi connectivity index (χ4v) is 4.38. The minimum absolute atomic E-state index is 0.138. The second-order valence-electron chi connectivity index (χ2n) is 8.42. The number of rotatable bonds is 3. The maximum absolute atomic E-state index is 12.7. The minimum atomic E-state index is -0.410. The summed E-state index contributed by atoms with van der Waals surface area (Å²) in [6, 6.07) is 9.57. The van der Waals surface area contributed by atoms with Gasteiger partial charge in [-0.1, -0.05) is 26.8 Å². The smallest absolute Gasteiger partial charge is 0.259 e. The summed E-state index contributed by atoms with van der Waals surface area (Å²) in [6.07, 6.45) is 3.99. The number of carbonyl (C=O) groups excluding carboxylic acids is 2. The Morgan fingerprint density at radius 2 is 2.00 bits per heavy atom. The maximum atomic E-state index is 12.7. The van der Waals surface area contributed by atoms with Crippen molar-refractivity contribution in [3.05, 3.63) is 58.7 Å². The number of benzene rings is 1. The highest BCUT2D eigenvalue weighted by molar-refractivity contribution is 7.16. The topological polar surface area (TPSA) is 75.2 Å². The number of nitrogens with one attached hydrogen (secondary N) is 1. The van der Waals surface area contributed by atoms with E-state index in [0.29, 0.717) is 17.2 Å². The van der Waals surface area contributed by atoms with E-state index in [1.807, 2.05) is 44.7 Å². The van der Waals surface area contributed by atoms with Gasteiger partial charge in [0.25, 0.3) is 5.91 Å². The van der Waals surface area contributed by atoms with E-state index in [4.69, 9.17) is 0 Å². The maximum Gasteiger partial charge on any atom is 0.259 e. The van der Waals surface area contributed by atoms with Crippen molar-refractivity contribution >= 4 is 34.0 Å². The quantitative estimate of drug-likeness (QED) is 0.666. The molecule has 1 N–H and O–H groups in total. The van der Waals surface area contributed by atoms with Gasteiger partial charge in [0.1, 0.15) is 0 Å². The van der Waals surface area contributed by atoms with Crippen LogP contribution in [0.25, 0.3) is 11.3 Å². The van der Waals surface area contributed by atoms with E-state index in [-0.39, 0.29) is 11.8 Å². The zero-order valence-corrected chi connectivity index (χ0v) is 18.3. The summed E-state index contributed by atoms with van der Waals surface area (Å²) in [5.74, 6) is -0.0899. The number of carbonyl (C=O) groups is 2. The fraction of sp³-hybridized carbons (Fsp3) is 0.304. The van der Waals surface area contributed by atoms with E-state index in [1.54, 1.807) is 18.3 Å². The number of aryl methyl sites for hydroxylation is 1. The van der Waals surface area contributed by atoms with Gasteiger partial charge in [0.15, 0.2) is 5.13 Å². The largest absolute Gasteiger partial charge is 0.311 e. The molecule has 0 saturated heterocycles. The van der Waals surface area contributed by atoms with Crippen LogP contribution < -0.4 is 10.2 Å². The molecule has 4 rings (SSSR count). The predicted octanol–water partition coefficient (Wildman–Crippen LogP) is 4.70. The number of hydrogen-bond donors (Lipinski definition) is 1. The highest BCUT2D eigenvalue weighted by atomic mass is 32.1. The van der Waals surface area contributed by atoms with Crippen molar-refractivity contribution in [2.75, 3.05) is 16.8 Å². The number of aromatic nitrogens is 2. The Morgan fingerprint density at radius 3 is 2.70 bits per heavy atom. The molecule has 0 fully saturated rings. The van der Waals surface area contributed by atoms with E-state index in [0.717, 1.165) is 33.8 Å². The van der Waals surface area contributed by atoms with Crippen LogP contribution in [0.1, 0.15) is 41.6 Å². The SMILES string of the molecule is Cc1sc(NC(=O)c2cccnc2)nc1-c1ccc2c(c1)CCN2C(=O)C(C)(C)C. The molecule has 0 unspecified atom stereocenters. The molecule has 3 heterocycles. The predicted molar refractivity (Wildman–Crippen MR) is 120 cm³/mol. The molecule has 3 aromatic rings. The molecule has 0 saturated carbocycles. The van der Waals surface area contributed by atoms with Gasteiger partial charge in [0, 0.05) is 40.5 Å². The Labute approximate surface area is 180 Å². The lowest BCUT2D eigenvalue weighted by Gasteiger charge is -2.26. The highest BCUT2D eigenvalue weighted by Crippen LogP contribution is 2.37. The summed E-state index contributed by atoms with van der Waals surface area (Å²) < 4.78 is 0. The number of fused-ring (bicyclic) bond motifs is 1. The lowest BCUT2D eigenvalue weighted by atomic mass is 9.94. The van der Waals surface area contributed by atoms with Crippen LogP contribution in [0.3, 0.4) is 0 Å². The monoisotopic (exact) mass is 420 g/mol. The highest BCUT2D eigenvalue weighted by Gasteiger charge is 2.32. The van der Waals surface area contributed by atoms with E-state index in [2.05, 4.69) is 21.4 Å². The van der Waals surface area contributed by atoms with Gasteiger partial charge in [-0.15, -0.1) is 11.3 Å². The molecule has 0 bridgehead atoms. The normalized spacial score (nSPS) is 13.3. The molecule has 0 spiro atoms. The third kappa shape index (κ3) is 3.85. The Balaban J connectivity index is 1.57. The summed E-state index contributed by atoms with van der Waals surface area (Å²) in [7, 11) is 0. The van der Waals surface area contributed by atoms with Crippen LogP contribution in [-0.4, -0.2) is 28.3 Å². The standard InChI is InChI=1S/C23H24N4O2S/c1-14-19(25-22(30-14)26-20(28)17-6-5-10-24-13-17)16-7-8-18-15(12-16)9-11-27(18)21(29)23(2,3)4/h5-8,10,12-13H,9,11H2,1-4H3,(H,25,26,28). The molecule has 1 aliphatic rings. The first-order chi connectivity index (χ1) is 14.2. The molecule has 7 heteroatoms. The minimum Gasteiger partial charge on any atom is -0.311 e. The summed E-state index contributed by atoms with van der Waals surface area (Å²) >= 11 is 1.45. The average Bonchev–Trinajstić information content (AvgIpc) is 3.29. The summed E-state index contributed by atoms with van der Waals surface area (Å²) in [5.41, 5.74) is 4.06. The number of nitrogens with zero attached hydrogens (tertiary/aromatic N) is 3. The van der Waals surface area contributed by atoms with Gasteiger partial charge >= 0.3 is 0 Å². The summed E-state index contributed by atoms with van der Waals surface area (Å²) in [6.45, 7) is 8.54. The van der Waals surface area contributed by atoms with E-state index in [9.17, 15) is 9.59 Å². The molecule has 0 atom stereocenters. The number of amides is 2. The van der Waals surface area contributed by atoms with Gasteiger partial charge in [-0.3, -0.25) is 19.9 Å². The van der Waals surface area contributed by atoms with Crippen molar-refractivity contribution in [1.82, 2.24) is 9.97 Å². The number of pyridine rings is 1. The van der Waals surface area contributed by atoms with E-state index in [1.165, 1.54) is 17.5 Å². The van der Waals surface area contributed by atoms with Crippen LogP contribution in [0.2, 0.25) is 0 Å². The van der Waals surface area contributed by atoms with Crippen LogP contribution >= 0.6 is 11.3 Å². The zero-order valence-electron chi connectivity index (χ0n) is 17.5. The van der Waals surface area contributed by atoms with Crippen molar-refractivity contribution in [2.24, 2.45) is 5.41 Å². The first-order valence-electron chi connectivity index (χ1n) is 9.88. The molecule has 0 radical (unpaired) electrons. The third-order valence-corrected chi connectivity index (χ3v) is 5.96. The first kappa shape index (κ1) is 20.2. The van der Waals surface area contributed by atoms with Crippen LogP contribution in [0.4, 0.5) is 10.8 Å². The van der Waals surface area contributed by atoms with Crippen LogP contribution in [0.5, 0.6) is 0 Å². The summed E-state index contributed by atoms with van der Waals surface area (Å²) in [4.78, 5) is 36.7. The molecule has 154 valence electrons. The van der Waals surface area contributed by atoms with Crippen molar-refractivity contribution in [2.45, 2.75) is 34.1 Å². The number of hydrogen-bond acceptors (Lipinski definition) is 5. The molecule has 1 aliphatic heterocycles. The molecule has 0 aliphatic carbocycles. The van der Waals surface area contributed by atoms with Gasteiger partial charge in [0.2, 0.25) is 5.91 Å². The lowest BCUT2D eigenvalue weighted by Crippen LogP contribution is -2.38. The Bertz CT molecular complexity index is 1120. The van der Waals surface area contributed by atoms with E-state index >= 15 is 0 Å². The Kier molecular flexibility index (Phi) is 5.15. The number of anilines is 2. The number of thiazole rings is 1. The van der Waals surface area contributed by atoms with Crippen molar-refractivity contribution in [3.63, 3.8) is 0 Å². The van der Waals surface area contributed by atoms with E-state index < -0.39 is 5.41 Å². The van der Waals surface area contributed by atoms with Crippen molar-refractivity contribution in [1.29, 1.82) is 0 Å². The van der Waals surface area contributed by atoms with Crippen LogP contribution in [0.15, 0.2) is 42.7 Å². The Morgan fingerprint density at radius 1 is 1.20 bits per heavy atom. The van der Waals surface area contributed by atoms with Gasteiger partial charge in [-0.05, 0) is 43.2 Å². The fourth-order valence-electron chi connectivity index (χ4n) is 3.55. The summed E-state index contributed by atoms with van der Waals surface area (Å²) in [5, 5.41) is 3.41. The molecular weight excluding hydrogens is 396 g/mol. The van der Waals surface area contributed by atoms with Gasteiger partial charge in [-0.2, -0.15) is 0 Å². The Hall–Kier alpha value is -3.06. The second kappa shape index (κ2) is 7.65. The van der Waals surface area contributed by atoms with Crippen LogP contribution in [-0.2, 0) is 11.2 Å². The van der Waals surface area contributed by atoms with Crippen molar-refractivity contribution in [3.8, 4) is 11.3 Å². The second-order valence-corrected chi connectivity index (χ2v) is 9.62. The van der Waals surface area contributed by atoms with Gasteiger partial charge < -0.3 is 4.90 Å². The van der Waals surface area contributed by atoms with Gasteiger partial charge in [0.05, 0.1) is 11.3 Å². The lowest BCUT2D eigenvalue weighted by molar-refractivity contribution is -0.125.